The van der Waals surface area contributed by atoms with E-state index in [0.717, 1.165) is 22.0 Å². The van der Waals surface area contributed by atoms with Gasteiger partial charge in [0.1, 0.15) is 10.7 Å². The number of fused-ring (bicyclic) bond motifs is 1. The molecule has 3 heterocycles. The van der Waals surface area contributed by atoms with E-state index in [1.165, 1.54) is 11.3 Å². The third kappa shape index (κ3) is 2.92. The second-order valence-corrected chi connectivity index (χ2v) is 5.97. The van der Waals surface area contributed by atoms with E-state index < -0.39 is 0 Å². The van der Waals surface area contributed by atoms with Gasteiger partial charge in [0.2, 0.25) is 4.96 Å². The van der Waals surface area contributed by atoms with E-state index in [9.17, 15) is 4.79 Å². The number of aromatic nitrogens is 4. The van der Waals surface area contributed by atoms with Crippen LogP contribution in [0.25, 0.3) is 4.96 Å². The Morgan fingerprint density at radius 3 is 2.86 bits per heavy atom. The second-order valence-electron chi connectivity index (χ2n) is 4.81. The maximum atomic E-state index is 12.3. The molecule has 0 saturated carbocycles. The summed E-state index contributed by atoms with van der Waals surface area (Å²) >= 11 is 1.48. The number of imidazole rings is 1. The quantitative estimate of drug-likeness (QED) is 0.737. The summed E-state index contributed by atoms with van der Waals surface area (Å²) in [6.45, 7) is 2.56. The first-order chi connectivity index (χ1) is 10.1. The molecule has 0 N–H and O–H groups in total. The van der Waals surface area contributed by atoms with Gasteiger partial charge < -0.3 is 4.90 Å². The van der Waals surface area contributed by atoms with E-state index in [4.69, 9.17) is 0 Å². The molecule has 3 aromatic rings. The van der Waals surface area contributed by atoms with Gasteiger partial charge in [0.25, 0.3) is 5.91 Å². The summed E-state index contributed by atoms with van der Waals surface area (Å²) in [6, 6.07) is 3.91. The molecule has 3 aromatic heterocycles. The van der Waals surface area contributed by atoms with Gasteiger partial charge in [-0.25, -0.2) is 9.50 Å². The molecular weight excluding hydrogens is 286 g/mol. The SMILES string of the molecule is Cc1nn2cc(C(=O)N(C)CCc3ccncc3)nc2s1. The highest BCUT2D eigenvalue weighted by molar-refractivity contribution is 7.16. The van der Waals surface area contributed by atoms with Crippen molar-refractivity contribution in [1.29, 1.82) is 0 Å². The van der Waals surface area contributed by atoms with E-state index in [1.54, 1.807) is 35.1 Å². The Morgan fingerprint density at radius 2 is 2.14 bits per heavy atom. The zero-order valence-corrected chi connectivity index (χ0v) is 12.7. The summed E-state index contributed by atoms with van der Waals surface area (Å²) in [5.41, 5.74) is 1.60. The number of rotatable bonds is 4. The fourth-order valence-electron chi connectivity index (χ4n) is 2.05. The average Bonchev–Trinajstić information content (AvgIpc) is 3.02. The van der Waals surface area contributed by atoms with E-state index in [1.807, 2.05) is 19.1 Å². The Kier molecular flexibility index (Phi) is 3.66. The Labute approximate surface area is 126 Å². The molecule has 0 aliphatic carbocycles. The third-order valence-electron chi connectivity index (χ3n) is 3.20. The van der Waals surface area contributed by atoms with Crippen molar-refractivity contribution in [2.75, 3.05) is 13.6 Å². The molecule has 0 radical (unpaired) electrons. The van der Waals surface area contributed by atoms with Gasteiger partial charge in [0.15, 0.2) is 0 Å². The molecule has 21 heavy (non-hydrogen) atoms. The van der Waals surface area contributed by atoms with E-state index >= 15 is 0 Å². The van der Waals surface area contributed by atoms with Crippen molar-refractivity contribution >= 4 is 22.2 Å². The van der Waals surface area contributed by atoms with Crippen LogP contribution in [-0.4, -0.2) is 44.0 Å². The van der Waals surface area contributed by atoms with Crippen LogP contribution in [0.15, 0.2) is 30.7 Å². The maximum Gasteiger partial charge on any atom is 0.273 e. The number of aryl methyl sites for hydroxylation is 1. The first kappa shape index (κ1) is 13.7. The molecule has 0 unspecified atom stereocenters. The van der Waals surface area contributed by atoms with Crippen molar-refractivity contribution < 1.29 is 4.79 Å². The first-order valence-corrected chi connectivity index (χ1v) is 7.42. The largest absolute Gasteiger partial charge is 0.340 e. The van der Waals surface area contributed by atoms with Gasteiger partial charge in [-0.2, -0.15) is 5.10 Å². The summed E-state index contributed by atoms with van der Waals surface area (Å²) in [6.07, 6.45) is 6.00. The maximum absolute atomic E-state index is 12.3. The number of pyridine rings is 1. The lowest BCUT2D eigenvalue weighted by Crippen LogP contribution is -2.29. The van der Waals surface area contributed by atoms with Crippen LogP contribution in [0.3, 0.4) is 0 Å². The molecule has 0 spiro atoms. The van der Waals surface area contributed by atoms with Gasteiger partial charge in [-0.1, -0.05) is 11.3 Å². The van der Waals surface area contributed by atoms with E-state index in [0.29, 0.717) is 12.2 Å². The van der Waals surface area contributed by atoms with Gasteiger partial charge in [-0.3, -0.25) is 9.78 Å². The molecule has 0 aliphatic heterocycles. The van der Waals surface area contributed by atoms with Gasteiger partial charge in [-0.15, -0.1) is 0 Å². The van der Waals surface area contributed by atoms with Crippen LogP contribution in [0.2, 0.25) is 0 Å². The molecule has 1 amide bonds. The fourth-order valence-corrected chi connectivity index (χ4v) is 2.77. The Bertz CT molecular complexity index is 733. The molecule has 0 aromatic carbocycles. The number of nitrogens with zero attached hydrogens (tertiary/aromatic N) is 5. The highest BCUT2D eigenvalue weighted by Gasteiger charge is 2.16. The van der Waals surface area contributed by atoms with Crippen molar-refractivity contribution in [1.82, 2.24) is 24.5 Å². The molecule has 0 saturated heterocycles. The number of amides is 1. The van der Waals surface area contributed by atoms with Gasteiger partial charge in [0, 0.05) is 26.0 Å². The van der Waals surface area contributed by atoms with Crippen LogP contribution in [-0.2, 0) is 6.42 Å². The van der Waals surface area contributed by atoms with Crippen LogP contribution in [0.5, 0.6) is 0 Å². The van der Waals surface area contributed by atoms with Gasteiger partial charge in [0.05, 0.1) is 6.20 Å². The Hall–Kier alpha value is -2.28. The van der Waals surface area contributed by atoms with E-state index in [-0.39, 0.29) is 5.91 Å². The predicted molar refractivity (Wildman–Crippen MR) is 80.5 cm³/mol. The van der Waals surface area contributed by atoms with E-state index in [2.05, 4.69) is 15.1 Å². The highest BCUT2D eigenvalue weighted by Crippen LogP contribution is 2.14. The van der Waals surface area contributed by atoms with Crippen molar-refractivity contribution in [2.24, 2.45) is 0 Å². The van der Waals surface area contributed by atoms with Gasteiger partial charge in [-0.05, 0) is 31.0 Å². The smallest absolute Gasteiger partial charge is 0.273 e. The molecule has 0 atom stereocenters. The average molecular weight is 301 g/mol. The molecule has 6 nitrogen and oxygen atoms in total. The number of likely N-dealkylation sites (N-methyl/N-ethyl adjacent to an activating group) is 1. The topological polar surface area (TPSA) is 63.4 Å². The normalized spacial score (nSPS) is 11.0. The number of hydrogen-bond acceptors (Lipinski definition) is 5. The fraction of sp³-hybridized carbons (Fsp3) is 0.286. The van der Waals surface area contributed by atoms with Crippen LogP contribution in [0.1, 0.15) is 21.1 Å². The van der Waals surface area contributed by atoms with Crippen molar-refractivity contribution in [3.8, 4) is 0 Å². The predicted octanol–water partition coefficient (Wildman–Crippen LogP) is 1.81. The standard InChI is InChI=1S/C14H15N5OS/c1-10-17-19-9-12(16-14(19)21-10)13(20)18(2)8-5-11-3-6-15-7-4-11/h3-4,6-7,9H,5,8H2,1-2H3. The van der Waals surface area contributed by atoms with Crippen LogP contribution in [0, 0.1) is 6.92 Å². The van der Waals surface area contributed by atoms with Crippen molar-refractivity contribution in [3.05, 3.63) is 47.0 Å². The van der Waals surface area contributed by atoms with Crippen molar-refractivity contribution in [2.45, 2.75) is 13.3 Å². The molecular formula is C14H15N5OS. The Morgan fingerprint density at radius 1 is 1.38 bits per heavy atom. The lowest BCUT2D eigenvalue weighted by molar-refractivity contribution is 0.0791. The number of carbonyl (C=O) groups is 1. The number of hydrogen-bond donors (Lipinski definition) is 0. The second kappa shape index (κ2) is 5.61. The summed E-state index contributed by atoms with van der Waals surface area (Å²) in [5, 5.41) is 5.20. The zero-order chi connectivity index (χ0) is 14.8. The van der Waals surface area contributed by atoms with Crippen molar-refractivity contribution in [3.63, 3.8) is 0 Å². The minimum atomic E-state index is -0.0839. The zero-order valence-electron chi connectivity index (χ0n) is 11.9. The summed E-state index contributed by atoms with van der Waals surface area (Å²) in [5.74, 6) is -0.0839. The van der Waals surface area contributed by atoms with Crippen LogP contribution in [0.4, 0.5) is 0 Å². The summed E-state index contributed by atoms with van der Waals surface area (Å²) in [7, 11) is 1.79. The van der Waals surface area contributed by atoms with Crippen LogP contribution < -0.4 is 0 Å². The monoisotopic (exact) mass is 301 g/mol. The lowest BCUT2D eigenvalue weighted by Gasteiger charge is -2.15. The third-order valence-corrected chi connectivity index (χ3v) is 4.03. The molecule has 7 heteroatoms. The van der Waals surface area contributed by atoms with Crippen LogP contribution >= 0.6 is 11.3 Å². The molecule has 108 valence electrons. The molecule has 0 aliphatic rings. The molecule has 0 fully saturated rings. The molecule has 0 bridgehead atoms. The Balaban J connectivity index is 1.67. The molecule has 3 rings (SSSR count). The number of carbonyl (C=O) groups excluding carboxylic acids is 1. The lowest BCUT2D eigenvalue weighted by atomic mass is 10.2. The van der Waals surface area contributed by atoms with Gasteiger partial charge >= 0.3 is 0 Å². The first-order valence-electron chi connectivity index (χ1n) is 6.60. The summed E-state index contributed by atoms with van der Waals surface area (Å²) < 4.78 is 1.66. The summed E-state index contributed by atoms with van der Waals surface area (Å²) in [4.78, 5) is 23.1. The minimum absolute atomic E-state index is 0.0839. The highest BCUT2D eigenvalue weighted by atomic mass is 32.1. The minimum Gasteiger partial charge on any atom is -0.340 e.